The van der Waals surface area contributed by atoms with E-state index in [9.17, 15) is 4.79 Å². The number of thiophene rings is 1. The van der Waals surface area contributed by atoms with Crippen molar-refractivity contribution in [2.45, 2.75) is 18.8 Å². The predicted molar refractivity (Wildman–Crippen MR) is 91.2 cm³/mol. The Kier molecular flexibility index (Phi) is 3.90. The number of carbonyl (C=O) groups excluding carboxylic acids is 1. The molecule has 0 saturated carbocycles. The molecule has 0 aliphatic carbocycles. The summed E-state index contributed by atoms with van der Waals surface area (Å²) in [6.07, 6.45) is 1.35. The number of hydrogen-bond acceptors (Lipinski definition) is 5. The highest BCUT2D eigenvalue weighted by Crippen LogP contribution is 2.39. The topological polar surface area (TPSA) is 59.2 Å². The van der Waals surface area contributed by atoms with E-state index in [0.29, 0.717) is 18.9 Å². The molecule has 0 radical (unpaired) electrons. The quantitative estimate of drug-likeness (QED) is 0.733. The lowest BCUT2D eigenvalue weighted by Gasteiger charge is -2.16. The van der Waals surface area contributed by atoms with Crippen molar-refractivity contribution in [2.24, 2.45) is 0 Å². The van der Waals surface area contributed by atoms with E-state index < -0.39 is 0 Å². The fraction of sp³-hybridized carbons (Fsp3) is 0.278. The highest BCUT2D eigenvalue weighted by atomic mass is 32.1. The van der Waals surface area contributed by atoms with Crippen LogP contribution in [0.5, 0.6) is 0 Å². The molecule has 6 heteroatoms. The first-order chi connectivity index (χ1) is 11.7. The largest absolute Gasteiger partial charge is 0.343 e. The van der Waals surface area contributed by atoms with Crippen LogP contribution in [0.15, 0.2) is 53.4 Å². The predicted octanol–water partition coefficient (Wildman–Crippen LogP) is 3.46. The van der Waals surface area contributed by atoms with Crippen molar-refractivity contribution in [3.63, 3.8) is 0 Å². The number of carbonyl (C=O) groups is 1. The Hall–Kier alpha value is -2.47. The van der Waals surface area contributed by atoms with Gasteiger partial charge in [0, 0.05) is 29.8 Å². The zero-order chi connectivity index (χ0) is 16.5. The number of nitrogens with zero attached hydrogens (tertiary/aromatic N) is 3. The lowest BCUT2D eigenvalue weighted by molar-refractivity contribution is 0.0793. The fourth-order valence-corrected chi connectivity index (χ4v) is 4.15. The van der Waals surface area contributed by atoms with Gasteiger partial charge in [-0.1, -0.05) is 35.5 Å². The Morgan fingerprint density at radius 3 is 2.62 bits per heavy atom. The lowest BCUT2D eigenvalue weighted by Crippen LogP contribution is -2.28. The van der Waals surface area contributed by atoms with Gasteiger partial charge in [-0.25, -0.2) is 0 Å². The number of benzene rings is 1. The molecule has 122 valence electrons. The van der Waals surface area contributed by atoms with Crippen LogP contribution in [0, 0.1) is 6.92 Å². The molecule has 0 N–H and O–H groups in total. The third-order valence-electron chi connectivity index (χ3n) is 4.50. The van der Waals surface area contributed by atoms with Gasteiger partial charge >= 0.3 is 0 Å². The summed E-state index contributed by atoms with van der Waals surface area (Å²) in [5.74, 6) is 0.978. The van der Waals surface area contributed by atoms with Crippen LogP contribution in [0.2, 0.25) is 0 Å². The highest BCUT2D eigenvalue weighted by Gasteiger charge is 2.39. The third-order valence-corrected chi connectivity index (χ3v) is 5.48. The maximum Gasteiger partial charge on any atom is 0.263 e. The summed E-state index contributed by atoms with van der Waals surface area (Å²) in [7, 11) is 0. The van der Waals surface area contributed by atoms with E-state index in [2.05, 4.69) is 22.3 Å². The molecule has 2 atom stereocenters. The van der Waals surface area contributed by atoms with E-state index in [1.807, 2.05) is 42.2 Å². The number of hydrogen-bond donors (Lipinski definition) is 0. The van der Waals surface area contributed by atoms with Crippen molar-refractivity contribution >= 4 is 17.2 Å². The summed E-state index contributed by atoms with van der Waals surface area (Å²) in [5.41, 5.74) is 1.20. The van der Waals surface area contributed by atoms with Crippen molar-refractivity contribution in [1.29, 1.82) is 0 Å². The molecule has 5 nitrogen and oxygen atoms in total. The smallest absolute Gasteiger partial charge is 0.263 e. The van der Waals surface area contributed by atoms with Crippen LogP contribution in [0.3, 0.4) is 0 Å². The van der Waals surface area contributed by atoms with E-state index >= 15 is 0 Å². The lowest BCUT2D eigenvalue weighted by atomic mass is 9.88. The molecule has 1 aromatic carbocycles. The zero-order valence-electron chi connectivity index (χ0n) is 13.3. The molecular weight excluding hydrogens is 322 g/mol. The molecule has 0 spiro atoms. The van der Waals surface area contributed by atoms with Gasteiger partial charge in [0.25, 0.3) is 5.91 Å². The van der Waals surface area contributed by atoms with Gasteiger partial charge in [0.15, 0.2) is 5.82 Å². The molecule has 1 aliphatic rings. The zero-order valence-corrected chi connectivity index (χ0v) is 14.1. The molecule has 1 aliphatic heterocycles. The number of aromatic nitrogens is 2. The van der Waals surface area contributed by atoms with Crippen molar-refractivity contribution < 1.29 is 9.32 Å². The Morgan fingerprint density at radius 1 is 1.17 bits per heavy atom. The number of amides is 1. The fourth-order valence-electron chi connectivity index (χ4n) is 3.32. The summed E-state index contributed by atoms with van der Waals surface area (Å²) in [6, 6.07) is 14.1. The molecular formula is C18H17N3O2S. The second kappa shape index (κ2) is 6.20. The van der Waals surface area contributed by atoms with Gasteiger partial charge in [-0.2, -0.15) is 4.98 Å². The van der Waals surface area contributed by atoms with E-state index in [4.69, 9.17) is 4.52 Å². The van der Waals surface area contributed by atoms with Gasteiger partial charge < -0.3 is 9.42 Å². The first-order valence-corrected chi connectivity index (χ1v) is 8.71. The maximum atomic E-state index is 12.8. The monoisotopic (exact) mass is 339 g/mol. The van der Waals surface area contributed by atoms with Crippen LogP contribution in [-0.2, 0) is 0 Å². The average molecular weight is 339 g/mol. The molecule has 1 fully saturated rings. The van der Waals surface area contributed by atoms with Crippen molar-refractivity contribution in [2.75, 3.05) is 13.1 Å². The minimum atomic E-state index is 0.0520. The van der Waals surface area contributed by atoms with E-state index in [1.165, 1.54) is 23.3 Å². The van der Waals surface area contributed by atoms with E-state index in [0.717, 1.165) is 9.75 Å². The molecule has 0 bridgehead atoms. The molecule has 4 rings (SSSR count). The van der Waals surface area contributed by atoms with Gasteiger partial charge in [-0.05, 0) is 24.6 Å². The van der Waals surface area contributed by atoms with Crippen molar-refractivity contribution in [3.05, 3.63) is 70.0 Å². The number of likely N-dealkylation sites (tertiary alicyclic amines) is 1. The van der Waals surface area contributed by atoms with E-state index in [1.54, 1.807) is 0 Å². The summed E-state index contributed by atoms with van der Waals surface area (Å²) in [4.78, 5) is 20.9. The second-order valence-electron chi connectivity index (χ2n) is 6.03. The van der Waals surface area contributed by atoms with Gasteiger partial charge in [0.05, 0.1) is 4.88 Å². The Bertz CT molecular complexity index is 829. The molecule has 1 saturated heterocycles. The van der Waals surface area contributed by atoms with Crippen LogP contribution in [-0.4, -0.2) is 34.0 Å². The van der Waals surface area contributed by atoms with Crippen molar-refractivity contribution in [3.8, 4) is 0 Å². The second-order valence-corrected chi connectivity index (χ2v) is 7.32. The van der Waals surface area contributed by atoms with Gasteiger partial charge in [0.2, 0.25) is 6.39 Å². The van der Waals surface area contributed by atoms with Crippen LogP contribution in [0.1, 0.15) is 37.8 Å². The first kappa shape index (κ1) is 15.1. The van der Waals surface area contributed by atoms with Gasteiger partial charge in [-0.15, -0.1) is 11.3 Å². The molecule has 1 amide bonds. The molecule has 2 aromatic heterocycles. The van der Waals surface area contributed by atoms with Gasteiger partial charge in [-0.3, -0.25) is 4.79 Å². The summed E-state index contributed by atoms with van der Waals surface area (Å²) < 4.78 is 4.93. The average Bonchev–Trinajstić information content (AvgIpc) is 3.35. The summed E-state index contributed by atoms with van der Waals surface area (Å²) >= 11 is 1.54. The molecule has 24 heavy (non-hydrogen) atoms. The third kappa shape index (κ3) is 2.73. The van der Waals surface area contributed by atoms with Crippen LogP contribution < -0.4 is 0 Å². The van der Waals surface area contributed by atoms with Crippen molar-refractivity contribution in [1.82, 2.24) is 15.0 Å². The maximum absolute atomic E-state index is 12.8. The SMILES string of the molecule is Cc1ccc(C(=O)N2C[C@H](c3ccccc3)[C@@H](c3ncon3)C2)s1. The van der Waals surface area contributed by atoms with Crippen LogP contribution in [0.25, 0.3) is 0 Å². The van der Waals surface area contributed by atoms with Crippen LogP contribution in [0.4, 0.5) is 0 Å². The normalized spacial score (nSPS) is 20.5. The standard InChI is InChI=1S/C18H17N3O2S/c1-12-7-8-16(24-12)18(22)21-9-14(13-5-3-2-4-6-13)15(10-21)17-19-11-23-20-17/h2-8,11,14-15H,9-10H2,1H3/t14-,15+/m1/s1. The molecule has 3 aromatic rings. The van der Waals surface area contributed by atoms with Crippen LogP contribution >= 0.6 is 11.3 Å². The minimum Gasteiger partial charge on any atom is -0.343 e. The number of aryl methyl sites for hydroxylation is 1. The highest BCUT2D eigenvalue weighted by molar-refractivity contribution is 7.13. The van der Waals surface area contributed by atoms with E-state index in [-0.39, 0.29) is 17.7 Å². The Labute approximate surface area is 143 Å². The molecule has 3 heterocycles. The van der Waals surface area contributed by atoms with Gasteiger partial charge in [0.1, 0.15) is 0 Å². The summed E-state index contributed by atoms with van der Waals surface area (Å²) in [5, 5.41) is 4.02. The Balaban J connectivity index is 1.64. The molecule has 0 unspecified atom stereocenters. The Morgan fingerprint density at radius 2 is 1.96 bits per heavy atom. The first-order valence-electron chi connectivity index (χ1n) is 7.89. The minimum absolute atomic E-state index is 0.0520. The summed E-state index contributed by atoms with van der Waals surface area (Å²) in [6.45, 7) is 3.29. The number of rotatable bonds is 3.